The van der Waals surface area contributed by atoms with Gasteiger partial charge in [-0.25, -0.2) is 18.4 Å². The van der Waals surface area contributed by atoms with E-state index in [2.05, 4.69) is 31.1 Å². The molecule has 12 nitrogen and oxygen atoms in total. The van der Waals surface area contributed by atoms with E-state index in [4.69, 9.17) is 5.73 Å². The third kappa shape index (κ3) is 5.32. The van der Waals surface area contributed by atoms with Crippen LogP contribution >= 0.6 is 0 Å². The maximum absolute atomic E-state index is 14.8. The average molecular weight is 580 g/mol. The normalized spacial score (nSPS) is 17.5. The molecular formula is C28H31F2N9O3. The molecule has 4 aromatic rings. The maximum atomic E-state index is 14.8. The Bertz CT molecular complexity index is 1720. The third-order valence-corrected chi connectivity index (χ3v) is 7.42. The summed E-state index contributed by atoms with van der Waals surface area (Å²) in [5.74, 6) is -2.39. The van der Waals surface area contributed by atoms with Crippen LogP contribution in [-0.2, 0) is 23.3 Å². The molecule has 220 valence electrons. The fourth-order valence-electron chi connectivity index (χ4n) is 5.05. The number of benzene rings is 2. The van der Waals surface area contributed by atoms with E-state index in [1.54, 1.807) is 37.7 Å². The fourth-order valence-corrected chi connectivity index (χ4v) is 5.05. The van der Waals surface area contributed by atoms with Gasteiger partial charge in [-0.15, -0.1) is 0 Å². The Labute approximate surface area is 239 Å². The molecule has 3 heterocycles. The fraction of sp³-hybridized carbons (Fsp3) is 0.357. The van der Waals surface area contributed by atoms with Crippen molar-refractivity contribution in [3.63, 3.8) is 0 Å². The molecule has 1 aliphatic rings. The van der Waals surface area contributed by atoms with E-state index in [0.29, 0.717) is 28.2 Å². The summed E-state index contributed by atoms with van der Waals surface area (Å²) < 4.78 is 31.2. The molecule has 0 aliphatic carbocycles. The summed E-state index contributed by atoms with van der Waals surface area (Å²) in [4.78, 5) is 43.1. The van der Waals surface area contributed by atoms with Gasteiger partial charge >= 0.3 is 0 Å². The van der Waals surface area contributed by atoms with Crippen LogP contribution in [0.5, 0.6) is 0 Å². The number of carbonyl (C=O) groups is 2. The van der Waals surface area contributed by atoms with Gasteiger partial charge in [0.1, 0.15) is 36.5 Å². The number of anilines is 1. The average Bonchev–Trinajstić information content (AvgIpc) is 3.38. The van der Waals surface area contributed by atoms with E-state index in [1.807, 2.05) is 0 Å². The second-order valence-electron chi connectivity index (χ2n) is 10.7. The summed E-state index contributed by atoms with van der Waals surface area (Å²) >= 11 is 0. The predicted octanol–water partition coefficient (Wildman–Crippen LogP) is 1.66. The van der Waals surface area contributed by atoms with Gasteiger partial charge in [0.15, 0.2) is 0 Å². The maximum Gasteiger partial charge on any atom is 0.276 e. The number of carbonyl (C=O) groups excluding carboxylic acids is 2. The number of nitrogens with two attached hydrogens (primary N) is 1. The number of nitrogens with one attached hydrogen (secondary N) is 3. The molecular weight excluding hydrogens is 548 g/mol. The zero-order valence-corrected chi connectivity index (χ0v) is 23.4. The molecule has 14 heteroatoms. The number of aryl methyl sites for hydroxylation is 1. The summed E-state index contributed by atoms with van der Waals surface area (Å²) in [5, 5.41) is 17.8. The minimum absolute atomic E-state index is 0.0470. The first-order valence-corrected chi connectivity index (χ1v) is 13.4. The highest BCUT2D eigenvalue weighted by molar-refractivity contribution is 5.97. The van der Waals surface area contributed by atoms with E-state index >= 15 is 0 Å². The van der Waals surface area contributed by atoms with Gasteiger partial charge in [-0.2, -0.15) is 10.2 Å². The van der Waals surface area contributed by atoms with Crippen LogP contribution in [-0.4, -0.2) is 48.4 Å². The number of hydrogen-bond acceptors (Lipinski definition) is 8. The quantitative estimate of drug-likeness (QED) is 0.245. The summed E-state index contributed by atoms with van der Waals surface area (Å²) in [6, 6.07) is 5.92. The number of aromatic nitrogens is 5. The van der Waals surface area contributed by atoms with Crippen molar-refractivity contribution >= 4 is 28.3 Å². The number of hydrogen-bond donors (Lipinski definition) is 4. The van der Waals surface area contributed by atoms with Gasteiger partial charge in [-0.1, -0.05) is 26.0 Å². The van der Waals surface area contributed by atoms with E-state index in [9.17, 15) is 23.2 Å². The molecule has 0 radical (unpaired) electrons. The van der Waals surface area contributed by atoms with E-state index in [-0.39, 0.29) is 18.0 Å². The Hall–Kier alpha value is -4.72. The van der Waals surface area contributed by atoms with Crippen LogP contribution in [0.4, 0.5) is 14.5 Å². The van der Waals surface area contributed by atoms with Gasteiger partial charge in [0.2, 0.25) is 11.8 Å². The Balaban J connectivity index is 1.55. The molecule has 0 spiro atoms. The van der Waals surface area contributed by atoms with Gasteiger partial charge < -0.3 is 21.7 Å². The minimum Gasteiger partial charge on any atom is -0.376 e. The monoisotopic (exact) mass is 579 g/mol. The van der Waals surface area contributed by atoms with Crippen LogP contribution in [0.15, 0.2) is 47.5 Å². The van der Waals surface area contributed by atoms with Crippen molar-refractivity contribution in [3.05, 3.63) is 81.8 Å². The molecule has 5 N–H and O–H groups in total. The van der Waals surface area contributed by atoms with Crippen LogP contribution < -0.4 is 27.2 Å². The molecule has 4 atom stereocenters. The van der Waals surface area contributed by atoms with Gasteiger partial charge in [0.25, 0.3) is 5.56 Å². The lowest BCUT2D eigenvalue weighted by molar-refractivity contribution is -0.130. The topological polar surface area (TPSA) is 162 Å². The van der Waals surface area contributed by atoms with Crippen LogP contribution in [0, 0.1) is 17.6 Å². The first kappa shape index (κ1) is 28.8. The first-order chi connectivity index (χ1) is 20.0. The van der Waals surface area contributed by atoms with Crippen molar-refractivity contribution in [1.29, 1.82) is 0 Å². The highest BCUT2D eigenvalue weighted by Crippen LogP contribution is 2.46. The predicted molar refractivity (Wildman–Crippen MR) is 150 cm³/mol. The number of amides is 2. The minimum atomic E-state index is -0.945. The molecule has 0 unspecified atom stereocenters. The first-order valence-electron chi connectivity index (χ1n) is 13.4. The lowest BCUT2D eigenvalue weighted by Gasteiger charge is -2.34. The second kappa shape index (κ2) is 11.3. The molecule has 5 rings (SSSR count). The largest absolute Gasteiger partial charge is 0.376 e. The number of nitrogens with zero attached hydrogens (tertiary/aromatic N) is 5. The van der Waals surface area contributed by atoms with Crippen molar-refractivity contribution < 1.29 is 18.4 Å². The van der Waals surface area contributed by atoms with Gasteiger partial charge in [-0.3, -0.25) is 19.1 Å². The zero-order valence-electron chi connectivity index (χ0n) is 23.4. The molecule has 0 saturated heterocycles. The molecule has 0 saturated carbocycles. The molecule has 2 aromatic carbocycles. The number of halogens is 2. The Morgan fingerprint density at radius 2 is 1.81 bits per heavy atom. The molecule has 1 aliphatic heterocycles. The molecule has 42 heavy (non-hydrogen) atoms. The lowest BCUT2D eigenvalue weighted by atomic mass is 9.83. The van der Waals surface area contributed by atoms with Crippen LogP contribution in [0.25, 0.3) is 10.8 Å². The van der Waals surface area contributed by atoms with Crippen molar-refractivity contribution in [2.24, 2.45) is 18.7 Å². The summed E-state index contributed by atoms with van der Waals surface area (Å²) in [7, 11) is 1.71. The van der Waals surface area contributed by atoms with Crippen molar-refractivity contribution in [2.45, 2.75) is 51.5 Å². The van der Waals surface area contributed by atoms with E-state index in [0.717, 1.165) is 10.7 Å². The lowest BCUT2D eigenvalue weighted by Crippen LogP contribution is -2.52. The standard InChI is InChI=1S/C28H31F2N9O3/c1-13(2)22(31)27(41)35-14(3)26(40)33-12-39-28(42)18-9-17(30)10-19-20(18)24(37-39)21(25-32-11-34-38(25)4)23(36-19)15-5-7-16(29)8-6-15/h5-11,13-14,21-23,36H,12,31H2,1-4H3,(H,33,40)(H,35,41)/t14-,21+,22-,23+/m0/s1. The third-order valence-electron chi connectivity index (χ3n) is 7.42. The van der Waals surface area contributed by atoms with Gasteiger partial charge in [-0.05, 0) is 42.7 Å². The molecule has 2 aromatic heterocycles. The number of rotatable bonds is 8. The van der Waals surface area contributed by atoms with Crippen molar-refractivity contribution in [1.82, 2.24) is 35.2 Å². The van der Waals surface area contributed by atoms with E-state index in [1.165, 1.54) is 31.5 Å². The highest BCUT2D eigenvalue weighted by Gasteiger charge is 2.38. The smallest absolute Gasteiger partial charge is 0.276 e. The van der Waals surface area contributed by atoms with Gasteiger partial charge in [0, 0.05) is 18.1 Å². The van der Waals surface area contributed by atoms with Crippen LogP contribution in [0.1, 0.15) is 49.8 Å². The van der Waals surface area contributed by atoms with Crippen LogP contribution in [0.2, 0.25) is 0 Å². The Kier molecular flexibility index (Phi) is 7.73. The summed E-state index contributed by atoms with van der Waals surface area (Å²) in [6.07, 6.45) is 1.38. The molecule has 2 amide bonds. The SMILES string of the molecule is CC(C)[C@H](N)C(=O)N[C@@H](C)C(=O)NCn1nc2c3c(cc(F)cc3c1=O)N[C@H](c1ccc(F)cc1)[C@H]2c1ncnn1C. The van der Waals surface area contributed by atoms with Crippen LogP contribution in [0.3, 0.4) is 0 Å². The summed E-state index contributed by atoms with van der Waals surface area (Å²) in [6.45, 7) is 4.71. The Morgan fingerprint density at radius 3 is 2.45 bits per heavy atom. The van der Waals surface area contributed by atoms with Gasteiger partial charge in [0.05, 0.1) is 29.1 Å². The van der Waals surface area contributed by atoms with E-state index < -0.39 is 53.1 Å². The second-order valence-corrected chi connectivity index (χ2v) is 10.7. The summed E-state index contributed by atoms with van der Waals surface area (Å²) in [5.41, 5.74) is 6.64. The highest BCUT2D eigenvalue weighted by atomic mass is 19.1. The molecule has 0 fully saturated rings. The Morgan fingerprint density at radius 1 is 1.10 bits per heavy atom. The molecule has 0 bridgehead atoms. The van der Waals surface area contributed by atoms with Crippen molar-refractivity contribution in [2.75, 3.05) is 5.32 Å². The zero-order chi connectivity index (χ0) is 30.3. The van der Waals surface area contributed by atoms with Crippen molar-refractivity contribution in [3.8, 4) is 0 Å².